The molecule has 0 aliphatic rings. The van der Waals surface area contributed by atoms with E-state index >= 15 is 0 Å². The Bertz CT molecular complexity index is 619. The lowest BCUT2D eigenvalue weighted by Crippen LogP contribution is -2.13. The fourth-order valence-corrected chi connectivity index (χ4v) is 1.81. The molecule has 2 rings (SSSR count). The van der Waals surface area contributed by atoms with Crippen LogP contribution in [0.1, 0.15) is 11.4 Å². The molecular formula is C12H9BrF3N3O. The third-order valence-corrected chi connectivity index (χ3v) is 3.08. The van der Waals surface area contributed by atoms with Crippen molar-refractivity contribution in [3.63, 3.8) is 0 Å². The Kier molecular flexibility index (Phi) is 4.12. The molecular weight excluding hydrogens is 339 g/mol. The molecule has 20 heavy (non-hydrogen) atoms. The molecule has 2 aromatic rings. The molecule has 1 heterocycles. The van der Waals surface area contributed by atoms with Gasteiger partial charge in [-0.05, 0) is 6.07 Å². The number of anilines is 1. The molecule has 0 spiro atoms. The Labute approximate surface area is 120 Å². The number of benzene rings is 1. The summed E-state index contributed by atoms with van der Waals surface area (Å²) in [5.74, 6) is -1.84. The van der Waals surface area contributed by atoms with Gasteiger partial charge in [0.2, 0.25) is 11.7 Å². The molecule has 0 radical (unpaired) electrons. The number of rotatable bonds is 3. The van der Waals surface area contributed by atoms with E-state index in [4.69, 9.17) is 10.5 Å². The van der Waals surface area contributed by atoms with Gasteiger partial charge in [-0.25, -0.2) is 4.98 Å². The fraction of sp³-hybridized carbons (Fsp3) is 0.167. The van der Waals surface area contributed by atoms with E-state index in [1.807, 2.05) is 6.07 Å². The van der Waals surface area contributed by atoms with Crippen LogP contribution in [0, 0.1) is 0 Å². The molecule has 2 N–H and O–H groups in total. The molecule has 0 aliphatic heterocycles. The molecule has 0 bridgehead atoms. The van der Waals surface area contributed by atoms with Gasteiger partial charge in [-0.3, -0.25) is 0 Å². The summed E-state index contributed by atoms with van der Waals surface area (Å²) in [6.07, 6.45) is -4.67. The van der Waals surface area contributed by atoms with E-state index in [9.17, 15) is 13.2 Å². The van der Waals surface area contributed by atoms with Gasteiger partial charge in [0.25, 0.3) is 0 Å². The molecule has 0 fully saturated rings. The standard InChI is InChI=1S/C12H9BrF3N3O/c13-8-4-2-1-3-7(8)6-20-10-5-9(17)18-11(19-10)12(14,15)16/h1-5H,6H2,(H2,17,18,19). The van der Waals surface area contributed by atoms with Crippen LogP contribution in [-0.2, 0) is 12.8 Å². The monoisotopic (exact) mass is 347 g/mol. The second-order valence-corrected chi connectivity index (χ2v) is 4.69. The van der Waals surface area contributed by atoms with E-state index in [1.165, 1.54) is 0 Å². The molecule has 0 unspecified atom stereocenters. The van der Waals surface area contributed by atoms with Crippen molar-refractivity contribution in [2.45, 2.75) is 12.8 Å². The minimum absolute atomic E-state index is 0.0647. The number of alkyl halides is 3. The Morgan fingerprint density at radius 1 is 1.20 bits per heavy atom. The molecule has 0 aliphatic carbocycles. The van der Waals surface area contributed by atoms with Crippen LogP contribution in [0.2, 0.25) is 0 Å². The smallest absolute Gasteiger partial charge is 0.451 e. The first-order chi connectivity index (χ1) is 9.36. The van der Waals surface area contributed by atoms with E-state index < -0.39 is 12.0 Å². The maximum Gasteiger partial charge on any atom is 0.451 e. The average molecular weight is 348 g/mol. The van der Waals surface area contributed by atoms with Crippen LogP contribution in [0.5, 0.6) is 5.88 Å². The van der Waals surface area contributed by atoms with Crippen molar-refractivity contribution in [3.8, 4) is 5.88 Å². The summed E-state index contributed by atoms with van der Waals surface area (Å²) >= 11 is 3.31. The quantitative estimate of drug-likeness (QED) is 0.923. The summed E-state index contributed by atoms with van der Waals surface area (Å²) in [6.45, 7) is 0.0647. The van der Waals surface area contributed by atoms with Crippen LogP contribution >= 0.6 is 15.9 Å². The lowest BCUT2D eigenvalue weighted by Gasteiger charge is -2.10. The molecule has 0 saturated carbocycles. The highest BCUT2D eigenvalue weighted by Gasteiger charge is 2.35. The maximum absolute atomic E-state index is 12.5. The first kappa shape index (κ1) is 14.6. The van der Waals surface area contributed by atoms with Gasteiger partial charge in [-0.2, -0.15) is 18.2 Å². The van der Waals surface area contributed by atoms with Crippen LogP contribution in [0.25, 0.3) is 0 Å². The molecule has 0 amide bonds. The van der Waals surface area contributed by atoms with Gasteiger partial charge in [0, 0.05) is 16.1 Å². The van der Waals surface area contributed by atoms with Gasteiger partial charge in [0.1, 0.15) is 12.4 Å². The Balaban J connectivity index is 2.18. The molecule has 106 valence electrons. The molecule has 8 heteroatoms. The molecule has 1 aromatic heterocycles. The normalized spacial score (nSPS) is 11.4. The van der Waals surface area contributed by atoms with Crippen molar-refractivity contribution in [2.75, 3.05) is 5.73 Å². The van der Waals surface area contributed by atoms with E-state index in [0.717, 1.165) is 16.1 Å². The van der Waals surface area contributed by atoms with Crippen molar-refractivity contribution in [3.05, 3.63) is 46.2 Å². The predicted octanol–water partition coefficient (Wildman–Crippen LogP) is 3.42. The number of hydrogen-bond donors (Lipinski definition) is 1. The number of nitrogen functional groups attached to an aromatic ring is 1. The number of ether oxygens (including phenoxy) is 1. The largest absolute Gasteiger partial charge is 0.473 e. The number of halogens is 4. The summed E-state index contributed by atoms with van der Waals surface area (Å²) in [4.78, 5) is 6.43. The van der Waals surface area contributed by atoms with E-state index in [0.29, 0.717) is 0 Å². The predicted molar refractivity (Wildman–Crippen MR) is 69.9 cm³/mol. The highest BCUT2D eigenvalue weighted by atomic mass is 79.9. The first-order valence-corrected chi connectivity index (χ1v) is 6.23. The van der Waals surface area contributed by atoms with Crippen LogP contribution in [0.15, 0.2) is 34.8 Å². The summed E-state index contributed by atoms with van der Waals surface area (Å²) in [7, 11) is 0. The van der Waals surface area contributed by atoms with Gasteiger partial charge < -0.3 is 10.5 Å². The zero-order valence-corrected chi connectivity index (χ0v) is 11.6. The topological polar surface area (TPSA) is 61.0 Å². The summed E-state index contributed by atoms with van der Waals surface area (Å²) in [5, 5.41) is 0. The number of nitrogens with zero attached hydrogens (tertiary/aromatic N) is 2. The average Bonchev–Trinajstić information content (AvgIpc) is 2.36. The summed E-state index contributed by atoms with van der Waals surface area (Å²) < 4.78 is 43.6. The number of nitrogens with two attached hydrogens (primary N) is 1. The lowest BCUT2D eigenvalue weighted by molar-refractivity contribution is -0.145. The van der Waals surface area contributed by atoms with Gasteiger partial charge in [-0.1, -0.05) is 34.1 Å². The van der Waals surface area contributed by atoms with Gasteiger partial charge in [0.15, 0.2) is 0 Å². The Morgan fingerprint density at radius 3 is 2.55 bits per heavy atom. The van der Waals surface area contributed by atoms with Crippen LogP contribution in [0.3, 0.4) is 0 Å². The summed E-state index contributed by atoms with van der Waals surface area (Å²) in [5.41, 5.74) is 6.09. The summed E-state index contributed by atoms with van der Waals surface area (Å²) in [6, 6.07) is 8.33. The van der Waals surface area contributed by atoms with Crippen molar-refractivity contribution in [2.24, 2.45) is 0 Å². The van der Waals surface area contributed by atoms with Crippen LogP contribution < -0.4 is 10.5 Å². The van der Waals surface area contributed by atoms with E-state index in [1.54, 1.807) is 18.2 Å². The lowest BCUT2D eigenvalue weighted by atomic mass is 10.2. The Morgan fingerprint density at radius 2 is 1.90 bits per heavy atom. The van der Waals surface area contributed by atoms with Gasteiger partial charge in [0.05, 0.1) is 0 Å². The minimum Gasteiger partial charge on any atom is -0.473 e. The molecule has 0 atom stereocenters. The zero-order chi connectivity index (χ0) is 14.8. The minimum atomic E-state index is -4.67. The first-order valence-electron chi connectivity index (χ1n) is 5.44. The highest BCUT2D eigenvalue weighted by Crippen LogP contribution is 2.28. The SMILES string of the molecule is Nc1cc(OCc2ccccc2Br)nc(C(F)(F)F)n1. The molecule has 0 saturated heterocycles. The number of aromatic nitrogens is 2. The highest BCUT2D eigenvalue weighted by molar-refractivity contribution is 9.10. The Hall–Kier alpha value is -1.83. The molecule has 1 aromatic carbocycles. The third kappa shape index (κ3) is 3.60. The number of hydrogen-bond acceptors (Lipinski definition) is 4. The van der Waals surface area contributed by atoms with E-state index in [2.05, 4.69) is 25.9 Å². The van der Waals surface area contributed by atoms with Crippen LogP contribution in [0.4, 0.5) is 19.0 Å². The third-order valence-electron chi connectivity index (χ3n) is 2.31. The van der Waals surface area contributed by atoms with Crippen molar-refractivity contribution in [1.29, 1.82) is 0 Å². The van der Waals surface area contributed by atoms with Crippen molar-refractivity contribution >= 4 is 21.7 Å². The fourth-order valence-electron chi connectivity index (χ4n) is 1.41. The maximum atomic E-state index is 12.5. The van der Waals surface area contributed by atoms with Crippen molar-refractivity contribution in [1.82, 2.24) is 9.97 Å². The van der Waals surface area contributed by atoms with Gasteiger partial charge >= 0.3 is 6.18 Å². The zero-order valence-electron chi connectivity index (χ0n) is 9.99. The second kappa shape index (κ2) is 5.66. The molecule has 4 nitrogen and oxygen atoms in total. The van der Waals surface area contributed by atoms with Crippen molar-refractivity contribution < 1.29 is 17.9 Å². The van der Waals surface area contributed by atoms with Gasteiger partial charge in [-0.15, -0.1) is 0 Å². The van der Waals surface area contributed by atoms with E-state index in [-0.39, 0.29) is 18.3 Å². The van der Waals surface area contributed by atoms with Crippen LogP contribution in [-0.4, -0.2) is 9.97 Å². The second-order valence-electron chi connectivity index (χ2n) is 3.83.